The van der Waals surface area contributed by atoms with E-state index >= 15 is 0 Å². The largest absolute Gasteiger partial charge is 0.325 e. The Kier molecular flexibility index (Phi) is 8.25. The quantitative estimate of drug-likeness (QED) is 0.456. The standard InChI is InChI=1S/C26H28FN3O5S2/c27-21-10-14-25(15-11-21)37(34,35)30(23-8-4-3-5-9-23)20-26(31)28-22-12-16-24(17-13-22)36(32,33)29-18-6-1-2-7-19-29/h3-5,8-17H,1-2,6-7,18-20H2,(H,28,31). The van der Waals surface area contributed by atoms with Gasteiger partial charge in [0.2, 0.25) is 15.9 Å². The van der Waals surface area contributed by atoms with Crippen molar-refractivity contribution in [1.82, 2.24) is 4.31 Å². The van der Waals surface area contributed by atoms with Gasteiger partial charge in [0.25, 0.3) is 10.0 Å². The molecular formula is C26H28FN3O5S2. The molecule has 0 saturated carbocycles. The molecule has 0 aliphatic carbocycles. The third-order valence-electron chi connectivity index (χ3n) is 6.07. The Morgan fingerprint density at radius 1 is 0.784 bits per heavy atom. The number of halogens is 1. The lowest BCUT2D eigenvalue weighted by Crippen LogP contribution is -2.38. The molecule has 0 unspecified atom stereocenters. The van der Waals surface area contributed by atoms with Crippen LogP contribution in [0.15, 0.2) is 88.7 Å². The van der Waals surface area contributed by atoms with Crippen molar-refractivity contribution >= 4 is 37.3 Å². The molecule has 0 spiro atoms. The Balaban J connectivity index is 1.51. The molecule has 0 bridgehead atoms. The van der Waals surface area contributed by atoms with Crippen LogP contribution < -0.4 is 9.62 Å². The van der Waals surface area contributed by atoms with Gasteiger partial charge >= 0.3 is 0 Å². The van der Waals surface area contributed by atoms with Gasteiger partial charge in [0.1, 0.15) is 12.4 Å². The lowest BCUT2D eigenvalue weighted by Gasteiger charge is -2.24. The molecule has 1 heterocycles. The van der Waals surface area contributed by atoms with Crippen LogP contribution >= 0.6 is 0 Å². The number of rotatable bonds is 8. The fraction of sp³-hybridized carbons (Fsp3) is 0.269. The molecule has 1 amide bonds. The highest BCUT2D eigenvalue weighted by molar-refractivity contribution is 7.92. The molecule has 0 atom stereocenters. The van der Waals surface area contributed by atoms with Crippen LogP contribution in [-0.4, -0.2) is 46.7 Å². The van der Waals surface area contributed by atoms with Gasteiger partial charge in [0.15, 0.2) is 0 Å². The smallest absolute Gasteiger partial charge is 0.264 e. The first-order valence-corrected chi connectivity index (χ1v) is 14.8. The van der Waals surface area contributed by atoms with E-state index in [1.807, 2.05) is 0 Å². The summed E-state index contributed by atoms with van der Waals surface area (Å²) in [5.41, 5.74) is 0.591. The number of nitrogens with zero attached hydrogens (tertiary/aromatic N) is 2. The van der Waals surface area contributed by atoms with Crippen molar-refractivity contribution in [3.05, 3.63) is 84.7 Å². The van der Waals surface area contributed by atoms with Gasteiger partial charge in [-0.25, -0.2) is 21.2 Å². The highest BCUT2D eigenvalue weighted by Crippen LogP contribution is 2.25. The second kappa shape index (κ2) is 11.4. The Hall–Kier alpha value is -3.28. The molecule has 1 N–H and O–H groups in total. The van der Waals surface area contributed by atoms with Gasteiger partial charge in [-0.3, -0.25) is 9.10 Å². The fourth-order valence-electron chi connectivity index (χ4n) is 4.12. The Morgan fingerprint density at radius 3 is 1.95 bits per heavy atom. The summed E-state index contributed by atoms with van der Waals surface area (Å²) in [6.45, 7) is 0.425. The first-order valence-electron chi connectivity index (χ1n) is 11.9. The van der Waals surface area contributed by atoms with E-state index in [4.69, 9.17) is 0 Å². The van der Waals surface area contributed by atoms with Crippen molar-refractivity contribution < 1.29 is 26.0 Å². The van der Waals surface area contributed by atoms with Crippen molar-refractivity contribution in [1.29, 1.82) is 0 Å². The number of nitrogens with one attached hydrogen (secondary N) is 1. The molecule has 0 aromatic heterocycles. The first kappa shape index (κ1) is 26.8. The summed E-state index contributed by atoms with van der Waals surface area (Å²) < 4.78 is 68.4. The van der Waals surface area contributed by atoms with E-state index in [0.717, 1.165) is 54.3 Å². The maximum Gasteiger partial charge on any atom is 0.264 e. The summed E-state index contributed by atoms with van der Waals surface area (Å²) in [7, 11) is -7.81. The molecule has 196 valence electrons. The zero-order valence-corrected chi connectivity index (χ0v) is 21.7. The molecule has 3 aromatic carbocycles. The predicted octanol–water partition coefficient (Wildman–Crippen LogP) is 4.22. The van der Waals surface area contributed by atoms with Crippen molar-refractivity contribution in [2.45, 2.75) is 35.5 Å². The summed E-state index contributed by atoms with van der Waals surface area (Å²) in [5, 5.41) is 2.63. The van der Waals surface area contributed by atoms with Crippen molar-refractivity contribution in [3.8, 4) is 0 Å². The topological polar surface area (TPSA) is 104 Å². The second-order valence-electron chi connectivity index (χ2n) is 8.69. The van der Waals surface area contributed by atoms with Gasteiger partial charge in [0, 0.05) is 18.8 Å². The van der Waals surface area contributed by atoms with Gasteiger partial charge in [0.05, 0.1) is 15.5 Å². The molecule has 1 aliphatic rings. The minimum absolute atomic E-state index is 0.136. The first-order chi connectivity index (χ1) is 17.7. The van der Waals surface area contributed by atoms with Crippen molar-refractivity contribution in [2.24, 2.45) is 0 Å². The normalized spacial score (nSPS) is 15.1. The maximum atomic E-state index is 13.4. The van der Waals surface area contributed by atoms with Crippen LogP contribution in [0, 0.1) is 5.82 Å². The lowest BCUT2D eigenvalue weighted by atomic mass is 10.2. The third-order valence-corrected chi connectivity index (χ3v) is 9.77. The minimum Gasteiger partial charge on any atom is -0.325 e. The molecule has 11 heteroatoms. The molecule has 8 nitrogen and oxygen atoms in total. The number of hydrogen-bond donors (Lipinski definition) is 1. The number of hydrogen-bond acceptors (Lipinski definition) is 5. The summed E-state index contributed by atoms with van der Waals surface area (Å²) in [5.74, 6) is -1.21. The number of carbonyl (C=O) groups is 1. The SMILES string of the molecule is O=C(CN(c1ccccc1)S(=O)(=O)c1ccc(F)cc1)Nc1ccc(S(=O)(=O)N2CCCCCC2)cc1. The molecule has 4 rings (SSSR count). The van der Waals surface area contributed by atoms with Crippen LogP contribution in [0.2, 0.25) is 0 Å². The summed E-state index contributed by atoms with van der Waals surface area (Å²) in [4.78, 5) is 12.9. The van der Waals surface area contributed by atoms with Gasteiger partial charge in [-0.05, 0) is 73.5 Å². The third kappa shape index (κ3) is 6.35. The Bertz CT molecular complexity index is 1420. The summed E-state index contributed by atoms with van der Waals surface area (Å²) in [6.07, 6.45) is 3.67. The fourth-order valence-corrected chi connectivity index (χ4v) is 7.05. The van der Waals surface area contributed by atoms with E-state index in [2.05, 4.69) is 5.32 Å². The minimum atomic E-state index is -4.18. The number of carbonyl (C=O) groups excluding carboxylic acids is 1. The molecule has 0 radical (unpaired) electrons. The van der Waals surface area contributed by atoms with E-state index in [0.29, 0.717) is 18.8 Å². The molecule has 1 fully saturated rings. The zero-order valence-electron chi connectivity index (χ0n) is 20.1. The van der Waals surface area contributed by atoms with Gasteiger partial charge in [-0.2, -0.15) is 4.31 Å². The molecule has 1 aliphatic heterocycles. The Morgan fingerprint density at radius 2 is 1.35 bits per heavy atom. The van der Waals surface area contributed by atoms with Crippen LogP contribution in [0.4, 0.5) is 15.8 Å². The number of sulfonamides is 2. The predicted molar refractivity (Wildman–Crippen MR) is 140 cm³/mol. The highest BCUT2D eigenvalue weighted by Gasteiger charge is 2.28. The van der Waals surface area contributed by atoms with Crippen LogP contribution in [0.25, 0.3) is 0 Å². The van der Waals surface area contributed by atoms with E-state index in [1.54, 1.807) is 30.3 Å². The Labute approximate surface area is 216 Å². The summed E-state index contributed by atoms with van der Waals surface area (Å²) >= 11 is 0. The van der Waals surface area contributed by atoms with Crippen LogP contribution in [-0.2, 0) is 24.8 Å². The van der Waals surface area contributed by atoms with Crippen LogP contribution in [0.1, 0.15) is 25.7 Å². The van der Waals surface area contributed by atoms with Gasteiger partial charge < -0.3 is 5.32 Å². The van der Waals surface area contributed by atoms with E-state index < -0.39 is 38.3 Å². The van der Waals surface area contributed by atoms with E-state index in [9.17, 15) is 26.0 Å². The number of amides is 1. The zero-order chi connectivity index (χ0) is 26.5. The molecule has 1 saturated heterocycles. The average molecular weight is 546 g/mol. The van der Waals surface area contributed by atoms with Gasteiger partial charge in [-0.1, -0.05) is 31.0 Å². The van der Waals surface area contributed by atoms with E-state index in [1.165, 1.54) is 28.6 Å². The van der Waals surface area contributed by atoms with Crippen molar-refractivity contribution in [3.63, 3.8) is 0 Å². The van der Waals surface area contributed by atoms with Crippen LogP contribution in [0.3, 0.4) is 0 Å². The molecule has 37 heavy (non-hydrogen) atoms. The number of para-hydroxylation sites is 1. The summed E-state index contributed by atoms with van der Waals surface area (Å²) in [6, 6.07) is 18.3. The number of benzene rings is 3. The van der Waals surface area contributed by atoms with Crippen LogP contribution in [0.5, 0.6) is 0 Å². The highest BCUT2D eigenvalue weighted by atomic mass is 32.2. The monoisotopic (exact) mass is 545 g/mol. The molecule has 3 aromatic rings. The van der Waals surface area contributed by atoms with Gasteiger partial charge in [-0.15, -0.1) is 0 Å². The number of anilines is 2. The average Bonchev–Trinajstić information content (AvgIpc) is 3.19. The second-order valence-corrected chi connectivity index (χ2v) is 12.5. The van der Waals surface area contributed by atoms with Crippen molar-refractivity contribution in [2.75, 3.05) is 29.3 Å². The maximum absolute atomic E-state index is 13.4. The van der Waals surface area contributed by atoms with E-state index in [-0.39, 0.29) is 15.5 Å². The molecular weight excluding hydrogens is 517 g/mol. The lowest BCUT2D eigenvalue weighted by molar-refractivity contribution is -0.114.